The first-order valence-electron chi connectivity index (χ1n) is 9.46. The zero-order valence-electron chi connectivity index (χ0n) is 15.8. The van der Waals surface area contributed by atoms with Crippen LogP contribution >= 0.6 is 0 Å². The van der Waals surface area contributed by atoms with Crippen LogP contribution in [0.25, 0.3) is 0 Å². The van der Waals surface area contributed by atoms with Gasteiger partial charge in [-0.2, -0.15) is 0 Å². The van der Waals surface area contributed by atoms with E-state index in [-0.39, 0.29) is 11.4 Å². The van der Waals surface area contributed by atoms with Crippen molar-refractivity contribution in [1.29, 1.82) is 0 Å². The fraction of sp³-hybridized carbons (Fsp3) is 0.400. The van der Waals surface area contributed by atoms with Gasteiger partial charge in [0.25, 0.3) is 5.69 Å². The maximum Gasteiger partial charge on any atom is 0.269 e. The van der Waals surface area contributed by atoms with Gasteiger partial charge in [0.15, 0.2) is 5.60 Å². The van der Waals surface area contributed by atoms with E-state index in [0.29, 0.717) is 13.0 Å². The third-order valence-corrected chi connectivity index (χ3v) is 5.96. The monoisotopic (exact) mass is 418 g/mol. The summed E-state index contributed by atoms with van der Waals surface area (Å²) < 4.78 is 5.33. The molecule has 4 rings (SSSR count). The molecule has 1 saturated carbocycles. The lowest BCUT2D eigenvalue weighted by Gasteiger charge is -2.53. The van der Waals surface area contributed by atoms with Gasteiger partial charge in [0, 0.05) is 36.0 Å². The summed E-state index contributed by atoms with van der Waals surface area (Å²) in [5.41, 5.74) is 0.442. The van der Waals surface area contributed by atoms with Crippen molar-refractivity contribution in [3.05, 3.63) is 58.1 Å². The van der Waals surface area contributed by atoms with E-state index < -0.39 is 41.5 Å². The summed E-state index contributed by atoms with van der Waals surface area (Å²) in [6, 6.07) is 11.3. The van der Waals surface area contributed by atoms with Gasteiger partial charge < -0.3 is 35.2 Å². The Morgan fingerprint density at radius 3 is 2.57 bits per heavy atom. The van der Waals surface area contributed by atoms with Crippen LogP contribution in [0.5, 0.6) is 5.75 Å². The number of rotatable bonds is 6. The Hall–Kier alpha value is -2.76. The molecule has 0 bridgehead atoms. The molecule has 1 heterocycles. The molecule has 0 aromatic heterocycles. The summed E-state index contributed by atoms with van der Waals surface area (Å²) in [6.45, 7) is 0.0297. The fourth-order valence-electron chi connectivity index (χ4n) is 4.15. The predicted molar refractivity (Wildman–Crippen MR) is 104 cm³/mol. The fourth-order valence-corrected chi connectivity index (χ4v) is 4.15. The number of fused-ring (bicyclic) bond motifs is 1. The van der Waals surface area contributed by atoms with E-state index >= 15 is 0 Å². The highest BCUT2D eigenvalue weighted by molar-refractivity contribution is 5.71. The molecule has 0 radical (unpaired) electrons. The number of nitro benzene ring substituents is 1. The number of aliphatic hydroxyl groups is 5. The van der Waals surface area contributed by atoms with Crippen LogP contribution in [0.4, 0.5) is 17.1 Å². The van der Waals surface area contributed by atoms with Crippen LogP contribution in [0.1, 0.15) is 5.56 Å². The number of ether oxygens (including phenoxy) is 1. The van der Waals surface area contributed by atoms with Gasteiger partial charge in [-0.15, -0.1) is 0 Å². The van der Waals surface area contributed by atoms with E-state index in [2.05, 4.69) is 0 Å². The lowest BCUT2D eigenvalue weighted by molar-refractivity contribution is -0.384. The maximum absolute atomic E-state index is 10.9. The van der Waals surface area contributed by atoms with E-state index in [9.17, 15) is 35.6 Å². The molecule has 5 N–H and O–H groups in total. The van der Waals surface area contributed by atoms with Crippen LogP contribution in [-0.4, -0.2) is 67.7 Å². The van der Waals surface area contributed by atoms with Gasteiger partial charge in [-0.3, -0.25) is 10.1 Å². The number of anilines is 2. The van der Waals surface area contributed by atoms with Crippen molar-refractivity contribution in [3.63, 3.8) is 0 Å². The molecule has 2 aliphatic rings. The smallest absolute Gasteiger partial charge is 0.269 e. The zero-order chi connectivity index (χ0) is 21.6. The minimum absolute atomic E-state index is 0.0516. The van der Waals surface area contributed by atoms with Gasteiger partial charge in [0.1, 0.15) is 11.9 Å². The summed E-state index contributed by atoms with van der Waals surface area (Å²) >= 11 is 0. The number of nitro groups is 1. The van der Waals surface area contributed by atoms with E-state index in [1.807, 2.05) is 4.90 Å². The zero-order valence-corrected chi connectivity index (χ0v) is 15.8. The number of benzene rings is 2. The van der Waals surface area contributed by atoms with E-state index in [1.54, 1.807) is 36.4 Å². The SMILES string of the molecule is O=[N+]([O-])c1ccc2c(c1)CCN2c1ccc(O[C@@H](O)C2(O)C(O)[C@H](O)C2CO)cc1. The molecule has 5 atom stereocenters. The number of hydrogen-bond donors (Lipinski definition) is 5. The van der Waals surface area contributed by atoms with Gasteiger partial charge >= 0.3 is 0 Å². The topological polar surface area (TPSA) is 157 Å². The first-order chi connectivity index (χ1) is 14.3. The Bertz CT molecular complexity index is 952. The second-order valence-corrected chi connectivity index (χ2v) is 7.55. The Balaban J connectivity index is 1.48. The Kier molecular flexibility index (Phi) is 5.12. The van der Waals surface area contributed by atoms with Gasteiger partial charge in [0.05, 0.1) is 17.6 Å². The van der Waals surface area contributed by atoms with Crippen molar-refractivity contribution in [1.82, 2.24) is 0 Å². The van der Waals surface area contributed by atoms with Gasteiger partial charge in [-0.05, 0) is 42.3 Å². The lowest BCUT2D eigenvalue weighted by atomic mass is 9.64. The molecule has 2 aromatic rings. The molecule has 3 unspecified atom stereocenters. The van der Waals surface area contributed by atoms with E-state index in [1.165, 1.54) is 6.07 Å². The molecule has 1 fully saturated rings. The summed E-state index contributed by atoms with van der Waals surface area (Å²) in [4.78, 5) is 12.5. The van der Waals surface area contributed by atoms with Crippen molar-refractivity contribution in [3.8, 4) is 5.75 Å². The molecular formula is C20H22N2O8. The molecule has 2 aromatic carbocycles. The summed E-state index contributed by atoms with van der Waals surface area (Å²) in [7, 11) is 0. The van der Waals surface area contributed by atoms with Crippen LogP contribution in [-0.2, 0) is 6.42 Å². The summed E-state index contributed by atoms with van der Waals surface area (Å²) in [6.07, 6.45) is -4.18. The predicted octanol–water partition coefficient (Wildman–Crippen LogP) is 0.0612. The molecule has 1 aliphatic heterocycles. The first-order valence-corrected chi connectivity index (χ1v) is 9.46. The standard InChI is InChI=1S/C20H22N2O8/c23-10-15-17(24)18(25)20(15,27)19(26)30-14-4-1-12(2-5-14)21-8-7-11-9-13(22(28)29)3-6-16(11)21/h1-6,9,15,17-19,23-27H,7-8,10H2/t15?,17-,18?,19-,20?/m1/s1. The molecule has 160 valence electrons. The van der Waals surface area contributed by atoms with Crippen LogP contribution < -0.4 is 9.64 Å². The van der Waals surface area contributed by atoms with E-state index in [4.69, 9.17) is 4.74 Å². The van der Waals surface area contributed by atoms with Crippen LogP contribution in [0.3, 0.4) is 0 Å². The lowest BCUT2D eigenvalue weighted by Crippen LogP contribution is -2.76. The average Bonchev–Trinajstić information content (AvgIpc) is 3.17. The third-order valence-electron chi connectivity index (χ3n) is 5.96. The molecule has 30 heavy (non-hydrogen) atoms. The normalized spacial score (nSPS) is 28.6. The highest BCUT2D eigenvalue weighted by atomic mass is 16.6. The third kappa shape index (κ3) is 3.09. The number of non-ortho nitro benzene ring substituents is 1. The van der Waals surface area contributed by atoms with Gasteiger partial charge in [-0.25, -0.2) is 0 Å². The second-order valence-electron chi connectivity index (χ2n) is 7.55. The molecule has 10 nitrogen and oxygen atoms in total. The van der Waals surface area contributed by atoms with Crippen molar-refractivity contribution in [2.75, 3.05) is 18.1 Å². The Morgan fingerprint density at radius 2 is 1.93 bits per heavy atom. The van der Waals surface area contributed by atoms with Crippen LogP contribution in [0.2, 0.25) is 0 Å². The second kappa shape index (κ2) is 7.49. The van der Waals surface area contributed by atoms with Gasteiger partial charge in [-0.1, -0.05) is 0 Å². The molecule has 1 aliphatic carbocycles. The average molecular weight is 418 g/mol. The summed E-state index contributed by atoms with van der Waals surface area (Å²) in [5, 5.41) is 60.3. The van der Waals surface area contributed by atoms with Crippen molar-refractivity contribution >= 4 is 17.1 Å². The van der Waals surface area contributed by atoms with E-state index in [0.717, 1.165) is 16.9 Å². The highest BCUT2D eigenvalue weighted by Crippen LogP contribution is 2.42. The highest BCUT2D eigenvalue weighted by Gasteiger charge is 2.65. The minimum Gasteiger partial charge on any atom is -0.462 e. The van der Waals surface area contributed by atoms with Gasteiger partial charge in [0.2, 0.25) is 6.29 Å². The number of hydrogen-bond acceptors (Lipinski definition) is 9. The summed E-state index contributed by atoms with van der Waals surface area (Å²) in [5.74, 6) is -0.917. The number of aliphatic hydroxyl groups excluding tert-OH is 4. The largest absolute Gasteiger partial charge is 0.462 e. The quantitative estimate of drug-likeness (QED) is 0.249. The van der Waals surface area contributed by atoms with Crippen molar-refractivity contribution < 1.29 is 35.2 Å². The number of nitrogens with zero attached hydrogens (tertiary/aromatic N) is 2. The Labute approximate surface area is 171 Å². The molecule has 0 saturated heterocycles. The maximum atomic E-state index is 10.9. The van der Waals surface area contributed by atoms with Crippen LogP contribution in [0.15, 0.2) is 42.5 Å². The first kappa shape index (κ1) is 20.5. The minimum atomic E-state index is -2.19. The molecule has 0 amide bonds. The van der Waals surface area contributed by atoms with Crippen LogP contribution in [0, 0.1) is 16.0 Å². The van der Waals surface area contributed by atoms with Crippen molar-refractivity contribution in [2.45, 2.75) is 30.5 Å². The molecule has 10 heteroatoms. The van der Waals surface area contributed by atoms with Crippen molar-refractivity contribution in [2.24, 2.45) is 5.92 Å². The molecular weight excluding hydrogens is 396 g/mol. The molecule has 0 spiro atoms. The Morgan fingerprint density at radius 1 is 1.23 bits per heavy atom.